The van der Waals surface area contributed by atoms with Gasteiger partial charge in [0.05, 0.1) is 39.7 Å². The van der Waals surface area contributed by atoms with Crippen molar-refractivity contribution in [3.8, 4) is 5.75 Å². The smallest absolute Gasteiger partial charge is 0.397 e. The topological polar surface area (TPSA) is 517 Å². The van der Waals surface area contributed by atoms with Gasteiger partial charge in [-0.2, -0.15) is 62.2 Å². The summed E-state index contributed by atoms with van der Waals surface area (Å²) in [6.07, 6.45) is 0. The van der Waals surface area contributed by atoms with Crippen molar-refractivity contribution in [1.29, 1.82) is 0 Å². The van der Waals surface area contributed by atoms with Crippen LogP contribution in [-0.4, -0.2) is 112 Å². The van der Waals surface area contributed by atoms with Gasteiger partial charge in [-0.25, -0.2) is 12.6 Å². The molecule has 0 aliphatic carbocycles. The van der Waals surface area contributed by atoms with Gasteiger partial charge in [-0.1, -0.05) is 6.07 Å². The van der Waals surface area contributed by atoms with Crippen LogP contribution in [0.3, 0.4) is 0 Å². The highest BCUT2D eigenvalue weighted by atomic mass is 35.5. The van der Waals surface area contributed by atoms with Gasteiger partial charge < -0.3 is 27.2 Å². The van der Waals surface area contributed by atoms with Crippen LogP contribution in [0.2, 0.25) is 5.28 Å². The number of azo groups is 2. The summed E-state index contributed by atoms with van der Waals surface area (Å²) in [5, 5.41) is 29.0. The van der Waals surface area contributed by atoms with Crippen LogP contribution in [0, 0.1) is 0 Å². The van der Waals surface area contributed by atoms with Gasteiger partial charge in [0.15, 0.2) is 15.6 Å². The molecule has 0 fully saturated rings. The predicted molar refractivity (Wildman–Crippen MR) is 246 cm³/mol. The monoisotopic (exact) mass is 1140 g/mol. The van der Waals surface area contributed by atoms with E-state index in [1.54, 1.807) is 0 Å². The fourth-order valence-corrected chi connectivity index (χ4v) is 10.3. The van der Waals surface area contributed by atoms with Crippen molar-refractivity contribution < 1.29 is 87.4 Å². The Kier molecular flexibility index (Phi) is 15.0. The molecule has 12 N–H and O–H groups in total. The molecular weight excluding hydrogens is 1110 g/mol. The van der Waals surface area contributed by atoms with E-state index in [-0.39, 0.29) is 27.9 Å². The lowest BCUT2D eigenvalue weighted by Gasteiger charge is -2.15. The van der Waals surface area contributed by atoms with E-state index in [4.69, 9.17) is 27.6 Å². The van der Waals surface area contributed by atoms with Crippen LogP contribution in [0.1, 0.15) is 10.4 Å². The second kappa shape index (κ2) is 19.9. The molecule has 0 unspecified atom stereocenters. The summed E-state index contributed by atoms with van der Waals surface area (Å²) in [7, 11) is -31.1. The Morgan fingerprint density at radius 2 is 1.21 bits per heavy atom. The number of benzene rings is 5. The second-order valence-corrected chi connectivity index (χ2v) is 23.0. The van der Waals surface area contributed by atoms with Crippen molar-refractivity contribution in [3.63, 3.8) is 0 Å². The van der Waals surface area contributed by atoms with E-state index in [0.29, 0.717) is 18.2 Å². The molecular formula is C34H28ClN11O20S6. The highest BCUT2D eigenvalue weighted by Gasteiger charge is 2.30. The first kappa shape index (κ1) is 54.3. The largest absolute Gasteiger partial charge is 0.505 e. The lowest BCUT2D eigenvalue weighted by molar-refractivity contribution is 0.1000. The molecule has 6 rings (SSSR count). The van der Waals surface area contributed by atoms with Gasteiger partial charge in [0.1, 0.15) is 36.6 Å². The van der Waals surface area contributed by atoms with Crippen molar-refractivity contribution in [1.82, 2.24) is 15.0 Å². The SMILES string of the molecule is NC(=O)c1cccc(/N=N/c2c(S(=O)(=O)O)cc3cc(S(=O)(=O)O)c(/N=N/c4cc(Nc5nc(Cl)nc(Nc6ccc(S(=O)(=O)CCOS(=O)(=O)O)cc6)n5)c(S(=O)(=O)O)cc4S(=O)(=O)O)c(O)c3c2N)c1. The van der Waals surface area contributed by atoms with Crippen LogP contribution in [0.25, 0.3) is 10.8 Å². The number of sulfone groups is 1. The van der Waals surface area contributed by atoms with Crippen LogP contribution in [0.4, 0.5) is 51.7 Å². The summed E-state index contributed by atoms with van der Waals surface area (Å²) in [5.41, 5.74) is 6.26. The number of aromatic hydroxyl groups is 1. The van der Waals surface area contributed by atoms with Crippen molar-refractivity contribution >= 4 is 141 Å². The normalized spacial score (nSPS) is 13.0. The van der Waals surface area contributed by atoms with Crippen LogP contribution in [0.15, 0.2) is 118 Å². The van der Waals surface area contributed by atoms with Crippen LogP contribution < -0.4 is 22.1 Å². The third-order valence-electron chi connectivity index (χ3n) is 9.05. The van der Waals surface area contributed by atoms with Crippen LogP contribution >= 0.6 is 11.6 Å². The van der Waals surface area contributed by atoms with E-state index in [1.807, 2.05) is 0 Å². The number of nitrogens with one attached hydrogen (secondary N) is 2. The quantitative estimate of drug-likeness (QED) is 0.0331. The molecule has 31 nitrogen and oxygen atoms in total. The van der Waals surface area contributed by atoms with E-state index < -0.39 is 161 Å². The van der Waals surface area contributed by atoms with Crippen LogP contribution in [-0.2, 0) is 64.9 Å². The minimum Gasteiger partial charge on any atom is -0.505 e. The maximum absolute atomic E-state index is 12.7. The Balaban J connectivity index is 1.45. The first-order chi connectivity index (χ1) is 33.1. The zero-order valence-corrected chi connectivity index (χ0v) is 40.5. The number of nitrogens with two attached hydrogens (primary N) is 2. The molecule has 0 aliphatic heterocycles. The average Bonchev–Trinajstić information content (AvgIpc) is 3.23. The zero-order valence-electron chi connectivity index (χ0n) is 34.9. The third kappa shape index (κ3) is 12.9. The van der Waals surface area contributed by atoms with E-state index in [0.717, 1.165) is 18.2 Å². The maximum atomic E-state index is 12.7. The standard InChI is InChI=1S/C34H28ClN11O20S6/c35-32-40-33(38-17-4-6-19(7-5-17)67(49,50)9-8-66-72(63,64)65)42-34(41-32)39-20-13-21(23(69(54,55)56)14-22(20)68(51,52)53)44-46-29-25(71(60,61)62)12-16-11-24(70(57,58)59)28(27(36)26(16)30(29)47)45-43-18-3-1-2-15(10-18)31(37)48/h1-7,10-14,47H,8-9,36H2,(H2,37,48)(H,51,52,53)(H,54,55,56)(H,57,58,59)(H,60,61,62)(H,63,64,65)(H2,38,39,40,41,42)/b45-43+,46-44+. The molecule has 0 radical (unpaired) electrons. The summed E-state index contributed by atoms with van der Waals surface area (Å²) in [4.78, 5) is 17.5. The van der Waals surface area contributed by atoms with Crippen LogP contribution in [0.5, 0.6) is 5.75 Å². The second-order valence-electron chi connectivity index (χ2n) is 13.9. The number of carbonyl (C=O) groups is 1. The Morgan fingerprint density at radius 3 is 1.76 bits per heavy atom. The fourth-order valence-electron chi connectivity index (χ4n) is 6.01. The number of aromatic nitrogens is 3. The minimum atomic E-state index is -5.62. The van der Waals surface area contributed by atoms with Gasteiger partial charge in [-0.3, -0.25) is 27.6 Å². The Hall–Kier alpha value is -7.01. The van der Waals surface area contributed by atoms with Crippen molar-refractivity contribution in [2.24, 2.45) is 26.2 Å². The van der Waals surface area contributed by atoms with Gasteiger partial charge in [0.25, 0.3) is 40.5 Å². The summed E-state index contributed by atoms with van der Waals surface area (Å²) >= 11 is 6.05. The lowest BCUT2D eigenvalue weighted by atomic mass is 10.1. The maximum Gasteiger partial charge on any atom is 0.397 e. The van der Waals surface area contributed by atoms with Crippen molar-refractivity contribution in [3.05, 3.63) is 83.6 Å². The third-order valence-corrected chi connectivity index (χ3v) is 14.9. The number of amides is 1. The minimum absolute atomic E-state index is 0.0602. The molecule has 72 heavy (non-hydrogen) atoms. The number of nitrogens with zero attached hydrogens (tertiary/aromatic N) is 7. The highest BCUT2D eigenvalue weighted by Crippen LogP contribution is 2.49. The average molecular weight is 1140 g/mol. The number of nitrogen functional groups attached to an aromatic ring is 1. The van der Waals surface area contributed by atoms with E-state index >= 15 is 0 Å². The number of anilines is 5. The molecule has 5 aromatic carbocycles. The molecule has 1 heterocycles. The molecule has 0 atom stereocenters. The summed E-state index contributed by atoms with van der Waals surface area (Å²) < 4.78 is 201. The summed E-state index contributed by atoms with van der Waals surface area (Å²) in [5.74, 6) is -4.27. The number of phenols is 1. The summed E-state index contributed by atoms with van der Waals surface area (Å²) in [6, 6.07) is 11.1. The molecule has 0 spiro atoms. The molecule has 0 bridgehead atoms. The van der Waals surface area contributed by atoms with Gasteiger partial charge in [0, 0.05) is 11.3 Å². The number of rotatable bonds is 18. The van der Waals surface area contributed by atoms with Gasteiger partial charge in [0.2, 0.25) is 23.1 Å². The van der Waals surface area contributed by atoms with Gasteiger partial charge in [-0.05, 0) is 83.7 Å². The Bertz CT molecular complexity index is 4020. The lowest BCUT2D eigenvalue weighted by Crippen LogP contribution is -2.15. The first-order valence-electron chi connectivity index (χ1n) is 18.5. The van der Waals surface area contributed by atoms with Gasteiger partial charge >= 0.3 is 10.4 Å². The number of hydrogen-bond acceptors (Lipinski definition) is 25. The number of halogens is 1. The van der Waals surface area contributed by atoms with E-state index in [1.165, 1.54) is 30.3 Å². The number of primary amides is 1. The van der Waals surface area contributed by atoms with Gasteiger partial charge in [-0.15, -0.1) is 15.3 Å². The molecule has 382 valence electrons. The Labute approximate surface area is 409 Å². The first-order valence-corrected chi connectivity index (χ1v) is 27.6. The molecule has 1 aromatic heterocycles. The highest BCUT2D eigenvalue weighted by molar-refractivity contribution is 7.91. The molecule has 0 saturated heterocycles. The van der Waals surface area contributed by atoms with E-state index in [9.17, 15) is 78.6 Å². The molecule has 6 aromatic rings. The number of fused-ring (bicyclic) bond motifs is 1. The number of carbonyl (C=O) groups excluding carboxylic acids is 1. The fraction of sp³-hybridized carbons (Fsp3) is 0.0588. The molecule has 38 heteroatoms. The van der Waals surface area contributed by atoms with Crippen molar-refractivity contribution in [2.75, 3.05) is 28.7 Å². The predicted octanol–water partition coefficient (Wildman–Crippen LogP) is 3.96. The molecule has 1 amide bonds. The zero-order chi connectivity index (χ0) is 53.5. The Morgan fingerprint density at radius 1 is 0.653 bits per heavy atom. The molecule has 0 aliphatic rings. The summed E-state index contributed by atoms with van der Waals surface area (Å²) in [6.45, 7) is -0.915. The van der Waals surface area contributed by atoms with Crippen molar-refractivity contribution in [2.45, 2.75) is 24.5 Å². The van der Waals surface area contributed by atoms with E-state index in [2.05, 4.69) is 50.2 Å². The molecule has 0 saturated carbocycles. The number of phenolic OH excluding ortho intramolecular Hbond substituents is 1. The number of hydrogen-bond donors (Lipinski definition) is 10.